The second-order valence-corrected chi connectivity index (χ2v) is 6.33. The third-order valence-electron chi connectivity index (χ3n) is 3.90. The normalized spacial score (nSPS) is 16.3. The molecule has 0 bridgehead atoms. The molecular formula is C17H37IN4O. The van der Waals surface area contributed by atoms with Crippen molar-refractivity contribution in [2.24, 2.45) is 4.99 Å². The zero-order chi connectivity index (χ0) is 16.0. The molecule has 5 nitrogen and oxygen atoms in total. The van der Waals surface area contributed by atoms with Gasteiger partial charge in [-0.2, -0.15) is 0 Å². The molecule has 0 unspecified atom stereocenters. The van der Waals surface area contributed by atoms with Crippen LogP contribution in [0.5, 0.6) is 0 Å². The van der Waals surface area contributed by atoms with Crippen molar-refractivity contribution in [2.75, 3.05) is 46.9 Å². The van der Waals surface area contributed by atoms with Gasteiger partial charge in [0.1, 0.15) is 0 Å². The summed E-state index contributed by atoms with van der Waals surface area (Å²) in [5.41, 5.74) is 0. The van der Waals surface area contributed by atoms with Crippen molar-refractivity contribution in [1.29, 1.82) is 0 Å². The van der Waals surface area contributed by atoms with Crippen LogP contribution in [0.3, 0.4) is 0 Å². The van der Waals surface area contributed by atoms with Gasteiger partial charge in [0.05, 0.1) is 6.10 Å². The van der Waals surface area contributed by atoms with Crippen molar-refractivity contribution in [3.63, 3.8) is 0 Å². The average molecular weight is 440 g/mol. The van der Waals surface area contributed by atoms with Crippen LogP contribution >= 0.6 is 24.0 Å². The largest absolute Gasteiger partial charge is 0.378 e. The van der Waals surface area contributed by atoms with Crippen LogP contribution in [0, 0.1) is 0 Å². The Balaban J connectivity index is 0.00000484. The van der Waals surface area contributed by atoms with Crippen LogP contribution in [0.1, 0.15) is 51.9 Å². The van der Waals surface area contributed by atoms with Gasteiger partial charge in [-0.15, -0.1) is 24.0 Å². The quantitative estimate of drug-likeness (QED) is 0.238. The van der Waals surface area contributed by atoms with Crippen LogP contribution in [-0.2, 0) is 4.74 Å². The summed E-state index contributed by atoms with van der Waals surface area (Å²) in [6.07, 6.45) is 9.20. The number of hydrogen-bond donors (Lipinski definition) is 2. The molecule has 0 spiro atoms. The van der Waals surface area contributed by atoms with E-state index in [0.717, 1.165) is 51.6 Å². The minimum Gasteiger partial charge on any atom is -0.378 e. The maximum atomic E-state index is 5.93. The zero-order valence-electron chi connectivity index (χ0n) is 15.3. The highest BCUT2D eigenvalue weighted by atomic mass is 127. The van der Waals surface area contributed by atoms with Crippen molar-refractivity contribution in [3.05, 3.63) is 0 Å². The van der Waals surface area contributed by atoms with Crippen LogP contribution in [0.15, 0.2) is 4.99 Å². The van der Waals surface area contributed by atoms with Gasteiger partial charge in [-0.05, 0) is 53.2 Å². The lowest BCUT2D eigenvalue weighted by Gasteiger charge is -2.21. The van der Waals surface area contributed by atoms with E-state index < -0.39 is 0 Å². The molecule has 1 aliphatic carbocycles. The maximum Gasteiger partial charge on any atom is 0.191 e. The van der Waals surface area contributed by atoms with Gasteiger partial charge in [-0.1, -0.05) is 19.3 Å². The third-order valence-corrected chi connectivity index (χ3v) is 3.90. The van der Waals surface area contributed by atoms with Gasteiger partial charge in [0.2, 0.25) is 0 Å². The van der Waals surface area contributed by atoms with E-state index in [9.17, 15) is 0 Å². The Hall–Kier alpha value is -0.0800. The first-order chi connectivity index (χ1) is 10.7. The van der Waals surface area contributed by atoms with Crippen molar-refractivity contribution < 1.29 is 4.74 Å². The molecule has 138 valence electrons. The molecule has 0 aromatic heterocycles. The van der Waals surface area contributed by atoms with Crippen molar-refractivity contribution >= 4 is 29.9 Å². The summed E-state index contributed by atoms with van der Waals surface area (Å²) in [7, 11) is 4.21. The Kier molecular flexibility index (Phi) is 15.4. The van der Waals surface area contributed by atoms with Gasteiger partial charge in [0.25, 0.3) is 0 Å². The Bertz CT molecular complexity index is 294. The molecule has 0 atom stereocenters. The Morgan fingerprint density at radius 1 is 1.13 bits per heavy atom. The molecule has 1 saturated carbocycles. The third kappa shape index (κ3) is 12.9. The fourth-order valence-electron chi connectivity index (χ4n) is 2.68. The number of nitrogens with one attached hydrogen (secondary N) is 2. The summed E-state index contributed by atoms with van der Waals surface area (Å²) in [5.74, 6) is 0.930. The predicted octanol–water partition coefficient (Wildman–Crippen LogP) is 2.85. The molecule has 0 radical (unpaired) electrons. The van der Waals surface area contributed by atoms with Crippen molar-refractivity contribution in [1.82, 2.24) is 15.5 Å². The molecule has 0 aromatic rings. The molecular weight excluding hydrogens is 403 g/mol. The number of nitrogens with zero attached hydrogens (tertiary/aromatic N) is 2. The van der Waals surface area contributed by atoms with Crippen LogP contribution in [0.25, 0.3) is 0 Å². The minimum atomic E-state index is 0. The van der Waals surface area contributed by atoms with E-state index in [0.29, 0.717) is 6.10 Å². The molecule has 2 N–H and O–H groups in total. The minimum absolute atomic E-state index is 0. The van der Waals surface area contributed by atoms with E-state index in [1.165, 1.54) is 32.1 Å². The topological polar surface area (TPSA) is 48.9 Å². The summed E-state index contributed by atoms with van der Waals surface area (Å²) in [6, 6.07) is 0. The molecule has 0 heterocycles. The number of hydrogen-bond acceptors (Lipinski definition) is 3. The molecule has 23 heavy (non-hydrogen) atoms. The second kappa shape index (κ2) is 15.4. The first kappa shape index (κ1) is 22.9. The van der Waals surface area contributed by atoms with Gasteiger partial charge >= 0.3 is 0 Å². The molecule has 0 aromatic carbocycles. The Morgan fingerprint density at radius 2 is 1.87 bits per heavy atom. The SMILES string of the molecule is CCNC(=NCCCOC1CCCCC1)NCCCN(C)C.I. The zero-order valence-corrected chi connectivity index (χ0v) is 17.6. The lowest BCUT2D eigenvalue weighted by molar-refractivity contribution is 0.0281. The highest BCUT2D eigenvalue weighted by molar-refractivity contribution is 14.0. The lowest BCUT2D eigenvalue weighted by Crippen LogP contribution is -2.38. The summed E-state index contributed by atoms with van der Waals surface area (Å²) in [4.78, 5) is 6.82. The van der Waals surface area contributed by atoms with Crippen LogP contribution < -0.4 is 10.6 Å². The summed E-state index contributed by atoms with van der Waals surface area (Å²) in [5, 5.41) is 6.68. The highest BCUT2D eigenvalue weighted by Crippen LogP contribution is 2.20. The van der Waals surface area contributed by atoms with E-state index in [1.807, 2.05) is 0 Å². The molecule has 1 rings (SSSR count). The molecule has 0 amide bonds. The van der Waals surface area contributed by atoms with Gasteiger partial charge < -0.3 is 20.3 Å². The van der Waals surface area contributed by atoms with Crippen molar-refractivity contribution in [2.45, 2.75) is 58.0 Å². The van der Waals surface area contributed by atoms with Gasteiger partial charge in [0, 0.05) is 26.2 Å². The monoisotopic (exact) mass is 440 g/mol. The summed E-state index contributed by atoms with van der Waals surface area (Å²) >= 11 is 0. The Labute approximate surface area is 160 Å². The smallest absolute Gasteiger partial charge is 0.191 e. The van der Waals surface area contributed by atoms with E-state index in [2.05, 4.69) is 41.5 Å². The van der Waals surface area contributed by atoms with Gasteiger partial charge in [-0.3, -0.25) is 4.99 Å². The van der Waals surface area contributed by atoms with E-state index in [1.54, 1.807) is 0 Å². The number of aliphatic imine (C=N–C) groups is 1. The number of guanidine groups is 1. The van der Waals surface area contributed by atoms with E-state index >= 15 is 0 Å². The summed E-state index contributed by atoms with van der Waals surface area (Å²) in [6.45, 7) is 6.73. The molecule has 6 heteroatoms. The standard InChI is InChI=1S/C17H36N4O.HI/c1-4-18-17(19-12-8-14-21(2)3)20-13-9-15-22-16-10-6-5-7-11-16;/h16H,4-15H2,1-3H3,(H2,18,19,20);1H. The lowest BCUT2D eigenvalue weighted by atomic mass is 9.98. The van der Waals surface area contributed by atoms with Crippen molar-refractivity contribution in [3.8, 4) is 0 Å². The highest BCUT2D eigenvalue weighted by Gasteiger charge is 2.12. The van der Waals surface area contributed by atoms with E-state index in [4.69, 9.17) is 4.74 Å². The van der Waals surface area contributed by atoms with Crippen LogP contribution in [0.4, 0.5) is 0 Å². The molecule has 1 aliphatic rings. The maximum absolute atomic E-state index is 5.93. The summed E-state index contributed by atoms with van der Waals surface area (Å²) < 4.78 is 5.93. The predicted molar refractivity (Wildman–Crippen MR) is 110 cm³/mol. The first-order valence-corrected chi connectivity index (χ1v) is 9.01. The molecule has 1 fully saturated rings. The van der Waals surface area contributed by atoms with Crippen LogP contribution in [-0.4, -0.2) is 63.8 Å². The van der Waals surface area contributed by atoms with Gasteiger partial charge in [0.15, 0.2) is 5.96 Å². The first-order valence-electron chi connectivity index (χ1n) is 9.01. The number of ether oxygens (including phenoxy) is 1. The average Bonchev–Trinajstić information content (AvgIpc) is 2.52. The fourth-order valence-corrected chi connectivity index (χ4v) is 2.68. The van der Waals surface area contributed by atoms with Crippen LogP contribution in [0.2, 0.25) is 0 Å². The van der Waals surface area contributed by atoms with Gasteiger partial charge in [-0.25, -0.2) is 0 Å². The van der Waals surface area contributed by atoms with E-state index in [-0.39, 0.29) is 24.0 Å². The number of halogens is 1. The molecule has 0 aliphatic heterocycles. The number of rotatable bonds is 10. The Morgan fingerprint density at radius 3 is 2.52 bits per heavy atom. The fraction of sp³-hybridized carbons (Fsp3) is 0.941. The molecule has 0 saturated heterocycles. The second-order valence-electron chi connectivity index (χ2n) is 6.33.